The summed E-state index contributed by atoms with van der Waals surface area (Å²) in [6.45, 7) is 6.73. The molecule has 1 aliphatic heterocycles. The van der Waals surface area contributed by atoms with Crippen molar-refractivity contribution in [2.45, 2.75) is 19.9 Å². The molecule has 1 aromatic heterocycles. The average molecular weight is 328 g/mol. The summed E-state index contributed by atoms with van der Waals surface area (Å²) in [7, 11) is 0. The predicted molar refractivity (Wildman–Crippen MR) is 92.1 cm³/mol. The Hall–Kier alpha value is -2.27. The molecule has 0 unspecified atom stereocenters. The van der Waals surface area contributed by atoms with E-state index in [1.54, 1.807) is 6.26 Å². The molecule has 0 radical (unpaired) electrons. The van der Waals surface area contributed by atoms with E-state index >= 15 is 0 Å². The van der Waals surface area contributed by atoms with Crippen LogP contribution in [0.25, 0.3) is 0 Å². The number of carbonyl (C=O) groups is 1. The van der Waals surface area contributed by atoms with Gasteiger partial charge in [0.1, 0.15) is 11.5 Å². The lowest BCUT2D eigenvalue weighted by atomic mass is 10.1. The fourth-order valence-corrected chi connectivity index (χ4v) is 2.85. The largest absolute Gasteiger partial charge is 0.494 e. The zero-order chi connectivity index (χ0) is 16.8. The van der Waals surface area contributed by atoms with E-state index in [-0.39, 0.29) is 5.91 Å². The van der Waals surface area contributed by atoms with Crippen molar-refractivity contribution in [3.05, 3.63) is 54.0 Å². The molecule has 24 heavy (non-hydrogen) atoms. The van der Waals surface area contributed by atoms with E-state index in [9.17, 15) is 4.79 Å². The molecule has 0 bridgehead atoms. The summed E-state index contributed by atoms with van der Waals surface area (Å²) >= 11 is 0. The Bertz CT molecular complexity index is 646. The first-order chi connectivity index (χ1) is 11.8. The number of rotatable bonds is 6. The topological polar surface area (TPSA) is 45.9 Å². The number of amides is 1. The van der Waals surface area contributed by atoms with Crippen LogP contribution in [0.15, 0.2) is 47.1 Å². The van der Waals surface area contributed by atoms with Gasteiger partial charge in [0.2, 0.25) is 0 Å². The Morgan fingerprint density at radius 2 is 2.00 bits per heavy atom. The highest BCUT2D eigenvalue weighted by Crippen LogP contribution is 2.17. The Balaban J connectivity index is 1.55. The fraction of sp³-hybridized carbons (Fsp3) is 0.421. The van der Waals surface area contributed by atoms with Crippen LogP contribution < -0.4 is 4.74 Å². The first-order valence-electron chi connectivity index (χ1n) is 8.53. The molecule has 1 fully saturated rings. The van der Waals surface area contributed by atoms with E-state index < -0.39 is 0 Å². The molecule has 5 heteroatoms. The van der Waals surface area contributed by atoms with Crippen molar-refractivity contribution in [3.63, 3.8) is 0 Å². The van der Waals surface area contributed by atoms with Crippen molar-refractivity contribution in [3.8, 4) is 5.75 Å². The molecule has 0 aliphatic carbocycles. The number of piperazine rings is 1. The summed E-state index contributed by atoms with van der Waals surface area (Å²) in [6.07, 6.45) is 2.65. The Morgan fingerprint density at radius 1 is 1.17 bits per heavy atom. The maximum Gasteiger partial charge on any atom is 0.254 e. The van der Waals surface area contributed by atoms with Gasteiger partial charge in [-0.1, -0.05) is 13.0 Å². The SMILES string of the molecule is CCCOc1cccc(C(=O)N2CCN(Cc3ccco3)CC2)c1. The lowest BCUT2D eigenvalue weighted by molar-refractivity contribution is 0.0620. The number of furan rings is 1. The molecule has 1 amide bonds. The maximum absolute atomic E-state index is 12.7. The predicted octanol–water partition coefficient (Wildman–Crippen LogP) is 3.03. The molecule has 5 nitrogen and oxygen atoms in total. The Morgan fingerprint density at radius 3 is 2.71 bits per heavy atom. The summed E-state index contributed by atoms with van der Waals surface area (Å²) in [4.78, 5) is 16.9. The maximum atomic E-state index is 12.7. The minimum Gasteiger partial charge on any atom is -0.494 e. The van der Waals surface area contributed by atoms with Crippen LogP contribution in [0, 0.1) is 0 Å². The minimum atomic E-state index is 0.0783. The number of benzene rings is 1. The highest BCUT2D eigenvalue weighted by molar-refractivity contribution is 5.94. The molecule has 0 atom stereocenters. The van der Waals surface area contributed by atoms with Crippen molar-refractivity contribution in [2.24, 2.45) is 0 Å². The van der Waals surface area contributed by atoms with Crippen LogP contribution in [0.1, 0.15) is 29.5 Å². The third-order valence-corrected chi connectivity index (χ3v) is 4.17. The van der Waals surface area contributed by atoms with Crippen LogP contribution in [0.3, 0.4) is 0 Å². The molecule has 0 saturated carbocycles. The van der Waals surface area contributed by atoms with Gasteiger partial charge in [0, 0.05) is 31.7 Å². The van der Waals surface area contributed by atoms with Crippen molar-refractivity contribution < 1.29 is 13.9 Å². The summed E-state index contributed by atoms with van der Waals surface area (Å²) < 4.78 is 11.0. The molecular formula is C19H24N2O3. The van der Waals surface area contributed by atoms with Crippen LogP contribution in [0.5, 0.6) is 5.75 Å². The summed E-state index contributed by atoms with van der Waals surface area (Å²) in [6, 6.07) is 11.4. The van der Waals surface area contributed by atoms with E-state index in [0.717, 1.165) is 50.7 Å². The first-order valence-corrected chi connectivity index (χ1v) is 8.53. The van der Waals surface area contributed by atoms with E-state index in [2.05, 4.69) is 11.8 Å². The monoisotopic (exact) mass is 328 g/mol. The number of ether oxygens (including phenoxy) is 1. The molecule has 2 aromatic rings. The third-order valence-electron chi connectivity index (χ3n) is 4.17. The van der Waals surface area contributed by atoms with Gasteiger partial charge in [0.15, 0.2) is 0 Å². The van der Waals surface area contributed by atoms with Crippen molar-refractivity contribution in [1.82, 2.24) is 9.80 Å². The number of nitrogens with zero attached hydrogens (tertiary/aromatic N) is 2. The summed E-state index contributed by atoms with van der Waals surface area (Å²) in [5, 5.41) is 0. The molecule has 0 spiro atoms. The third kappa shape index (κ3) is 4.17. The van der Waals surface area contributed by atoms with Crippen LogP contribution in [0.2, 0.25) is 0 Å². The van der Waals surface area contributed by atoms with E-state index in [0.29, 0.717) is 12.2 Å². The fourth-order valence-electron chi connectivity index (χ4n) is 2.85. The lowest BCUT2D eigenvalue weighted by Gasteiger charge is -2.34. The second-order valence-corrected chi connectivity index (χ2v) is 6.02. The molecule has 1 aliphatic rings. The smallest absolute Gasteiger partial charge is 0.254 e. The van der Waals surface area contributed by atoms with Gasteiger partial charge >= 0.3 is 0 Å². The van der Waals surface area contributed by atoms with E-state index in [4.69, 9.17) is 9.15 Å². The molecule has 1 aromatic carbocycles. The van der Waals surface area contributed by atoms with Crippen molar-refractivity contribution in [2.75, 3.05) is 32.8 Å². The second kappa shape index (κ2) is 8.02. The normalized spacial score (nSPS) is 15.5. The van der Waals surface area contributed by atoms with Gasteiger partial charge in [0.05, 0.1) is 19.4 Å². The molecule has 0 N–H and O–H groups in total. The molecule has 3 rings (SSSR count). The highest BCUT2D eigenvalue weighted by Gasteiger charge is 2.22. The number of carbonyl (C=O) groups excluding carboxylic acids is 1. The first kappa shape index (κ1) is 16.6. The summed E-state index contributed by atoms with van der Waals surface area (Å²) in [5.41, 5.74) is 0.697. The van der Waals surface area contributed by atoms with Gasteiger partial charge < -0.3 is 14.1 Å². The number of hydrogen-bond acceptors (Lipinski definition) is 4. The zero-order valence-electron chi connectivity index (χ0n) is 14.1. The van der Waals surface area contributed by atoms with Crippen molar-refractivity contribution >= 4 is 5.91 Å². The van der Waals surface area contributed by atoms with Crippen LogP contribution in [-0.4, -0.2) is 48.5 Å². The quantitative estimate of drug-likeness (QED) is 0.818. The van der Waals surface area contributed by atoms with Crippen LogP contribution in [0.4, 0.5) is 0 Å². The average Bonchev–Trinajstić information content (AvgIpc) is 3.13. The molecular weight excluding hydrogens is 304 g/mol. The van der Waals surface area contributed by atoms with Gasteiger partial charge in [-0.3, -0.25) is 9.69 Å². The molecule has 2 heterocycles. The van der Waals surface area contributed by atoms with E-state index in [1.165, 1.54) is 0 Å². The van der Waals surface area contributed by atoms with Gasteiger partial charge in [0.25, 0.3) is 5.91 Å². The van der Waals surface area contributed by atoms with Crippen molar-refractivity contribution in [1.29, 1.82) is 0 Å². The van der Waals surface area contributed by atoms with Gasteiger partial charge in [-0.25, -0.2) is 0 Å². The summed E-state index contributed by atoms with van der Waals surface area (Å²) in [5.74, 6) is 1.81. The molecule has 128 valence electrons. The highest BCUT2D eigenvalue weighted by atomic mass is 16.5. The molecule has 1 saturated heterocycles. The van der Waals surface area contributed by atoms with Crippen LogP contribution >= 0.6 is 0 Å². The second-order valence-electron chi connectivity index (χ2n) is 6.02. The van der Waals surface area contributed by atoms with Crippen LogP contribution in [-0.2, 0) is 6.54 Å². The van der Waals surface area contributed by atoms with Gasteiger partial charge in [-0.15, -0.1) is 0 Å². The Kier molecular flexibility index (Phi) is 5.54. The Labute approximate surface area is 142 Å². The van der Waals surface area contributed by atoms with Gasteiger partial charge in [-0.2, -0.15) is 0 Å². The van der Waals surface area contributed by atoms with E-state index in [1.807, 2.05) is 41.3 Å². The van der Waals surface area contributed by atoms with Gasteiger partial charge in [-0.05, 0) is 36.8 Å². The standard InChI is InChI=1S/C19H24N2O3/c1-2-12-23-17-6-3-5-16(14-17)19(22)21-10-8-20(9-11-21)15-18-7-4-13-24-18/h3-7,13-14H,2,8-12,15H2,1H3. The minimum absolute atomic E-state index is 0.0783. The number of hydrogen-bond donors (Lipinski definition) is 0. The lowest BCUT2D eigenvalue weighted by Crippen LogP contribution is -2.48. The zero-order valence-corrected chi connectivity index (χ0v) is 14.1.